The van der Waals surface area contributed by atoms with Crippen molar-refractivity contribution in [1.29, 1.82) is 0 Å². The van der Waals surface area contributed by atoms with Crippen LogP contribution < -0.4 is 15.4 Å². The Morgan fingerprint density at radius 1 is 1.33 bits per heavy atom. The highest BCUT2D eigenvalue weighted by Gasteiger charge is 2.44. The number of aryl methyl sites for hydroxylation is 1. The maximum Gasteiger partial charge on any atom is 0.244 e. The Balaban J connectivity index is 2.11. The average Bonchev–Trinajstić information content (AvgIpc) is 2.42. The maximum atomic E-state index is 12.3. The Bertz CT molecular complexity index is 487. The van der Waals surface area contributed by atoms with Crippen molar-refractivity contribution in [3.8, 4) is 5.75 Å². The van der Waals surface area contributed by atoms with Crippen molar-refractivity contribution in [3.05, 3.63) is 29.3 Å². The first-order valence-electron chi connectivity index (χ1n) is 6.47. The van der Waals surface area contributed by atoms with Crippen LogP contribution in [-0.4, -0.2) is 26.1 Å². The van der Waals surface area contributed by atoms with Gasteiger partial charge in [0.2, 0.25) is 5.91 Å². The Morgan fingerprint density at radius 2 is 2.22 bits per heavy atom. The summed E-state index contributed by atoms with van der Waals surface area (Å²) in [5.74, 6) is 0.915. The second-order valence-electron chi connectivity index (χ2n) is 4.96. The molecule has 2 aliphatic rings. The Labute approximate surface area is 107 Å². The molecule has 0 radical (unpaired) electrons. The number of fused-ring (bicyclic) bond motifs is 2. The highest BCUT2D eigenvalue weighted by molar-refractivity contribution is 5.89. The number of benzene rings is 1. The average molecular weight is 246 g/mol. The minimum absolute atomic E-state index is 0.1000. The van der Waals surface area contributed by atoms with E-state index in [1.165, 1.54) is 5.56 Å². The van der Waals surface area contributed by atoms with Crippen molar-refractivity contribution in [2.45, 2.75) is 24.8 Å². The molecule has 2 N–H and O–H groups in total. The number of piperazine rings is 1. The third kappa shape index (κ3) is 1.60. The van der Waals surface area contributed by atoms with Crippen molar-refractivity contribution < 1.29 is 9.53 Å². The second kappa shape index (κ2) is 4.28. The molecule has 0 saturated carbocycles. The van der Waals surface area contributed by atoms with E-state index in [4.69, 9.17) is 4.74 Å². The van der Waals surface area contributed by atoms with Crippen LogP contribution in [0.3, 0.4) is 0 Å². The fourth-order valence-corrected chi connectivity index (χ4v) is 3.08. The molecule has 18 heavy (non-hydrogen) atoms. The third-order valence-electron chi connectivity index (χ3n) is 4.00. The summed E-state index contributed by atoms with van der Waals surface area (Å²) in [6.45, 7) is 1.53. The highest BCUT2D eigenvalue weighted by atomic mass is 16.5. The number of ether oxygens (including phenoxy) is 1. The zero-order valence-electron chi connectivity index (χ0n) is 10.6. The molecule has 1 unspecified atom stereocenters. The Kier molecular flexibility index (Phi) is 2.74. The molecule has 96 valence electrons. The molecule has 1 atom stereocenters. The zero-order valence-corrected chi connectivity index (χ0v) is 10.6. The Hall–Kier alpha value is -1.55. The molecule has 0 aromatic heterocycles. The summed E-state index contributed by atoms with van der Waals surface area (Å²) in [4.78, 5) is 12.3. The molecule has 1 spiro atoms. The number of carbonyl (C=O) groups is 1. The number of amides is 1. The van der Waals surface area contributed by atoms with Crippen LogP contribution in [0, 0.1) is 0 Å². The zero-order chi connectivity index (χ0) is 12.6. The first kappa shape index (κ1) is 11.5. The van der Waals surface area contributed by atoms with E-state index in [0.29, 0.717) is 6.54 Å². The first-order valence-corrected chi connectivity index (χ1v) is 6.47. The second-order valence-corrected chi connectivity index (χ2v) is 4.96. The van der Waals surface area contributed by atoms with Gasteiger partial charge in [-0.25, -0.2) is 0 Å². The van der Waals surface area contributed by atoms with E-state index in [-0.39, 0.29) is 5.91 Å². The number of hydrogen-bond acceptors (Lipinski definition) is 3. The molecule has 1 heterocycles. The molecule has 4 nitrogen and oxygen atoms in total. The van der Waals surface area contributed by atoms with Gasteiger partial charge < -0.3 is 10.1 Å². The predicted molar refractivity (Wildman–Crippen MR) is 68.6 cm³/mol. The summed E-state index contributed by atoms with van der Waals surface area (Å²) in [6.07, 6.45) is 2.94. The minimum atomic E-state index is -0.541. The number of hydrogen-bond donors (Lipinski definition) is 2. The fraction of sp³-hybridized carbons (Fsp3) is 0.500. The van der Waals surface area contributed by atoms with Crippen LogP contribution in [0.25, 0.3) is 0 Å². The van der Waals surface area contributed by atoms with Crippen molar-refractivity contribution >= 4 is 5.91 Å². The van der Waals surface area contributed by atoms with Crippen molar-refractivity contribution in [3.63, 3.8) is 0 Å². The third-order valence-corrected chi connectivity index (χ3v) is 4.00. The minimum Gasteiger partial charge on any atom is -0.497 e. The number of rotatable bonds is 1. The van der Waals surface area contributed by atoms with Gasteiger partial charge in [0, 0.05) is 13.1 Å². The molecule has 0 bridgehead atoms. The number of methoxy groups -OCH3 is 1. The van der Waals surface area contributed by atoms with Gasteiger partial charge in [0.15, 0.2) is 0 Å². The monoisotopic (exact) mass is 246 g/mol. The van der Waals surface area contributed by atoms with Crippen LogP contribution in [0.1, 0.15) is 24.0 Å². The van der Waals surface area contributed by atoms with E-state index >= 15 is 0 Å². The highest BCUT2D eigenvalue weighted by Crippen LogP contribution is 2.38. The summed E-state index contributed by atoms with van der Waals surface area (Å²) >= 11 is 0. The van der Waals surface area contributed by atoms with Gasteiger partial charge in [0.25, 0.3) is 0 Å². The fourth-order valence-electron chi connectivity index (χ4n) is 3.08. The SMILES string of the molecule is COc1ccc2c(c1)C1(CCC2)NCCNC1=O. The maximum absolute atomic E-state index is 12.3. The first-order chi connectivity index (χ1) is 8.76. The lowest BCUT2D eigenvalue weighted by Crippen LogP contribution is -2.62. The normalized spacial score (nSPS) is 26.6. The molecule has 1 aliphatic carbocycles. The summed E-state index contributed by atoms with van der Waals surface area (Å²) in [6, 6.07) is 6.06. The van der Waals surface area contributed by atoms with E-state index in [9.17, 15) is 4.79 Å². The van der Waals surface area contributed by atoms with E-state index < -0.39 is 5.54 Å². The quantitative estimate of drug-likeness (QED) is 0.775. The number of carbonyl (C=O) groups excluding carboxylic acids is 1. The summed E-state index contributed by atoms with van der Waals surface area (Å²) in [5, 5.41) is 6.40. The smallest absolute Gasteiger partial charge is 0.244 e. The molecule has 1 aliphatic heterocycles. The molecular weight excluding hydrogens is 228 g/mol. The van der Waals surface area contributed by atoms with E-state index in [1.54, 1.807) is 7.11 Å². The molecule has 1 aromatic carbocycles. The molecule has 1 aromatic rings. The van der Waals surface area contributed by atoms with Crippen LogP contribution in [0.15, 0.2) is 18.2 Å². The van der Waals surface area contributed by atoms with Crippen molar-refractivity contribution in [1.82, 2.24) is 10.6 Å². The largest absolute Gasteiger partial charge is 0.497 e. The van der Waals surface area contributed by atoms with Gasteiger partial charge in [-0.1, -0.05) is 6.07 Å². The lowest BCUT2D eigenvalue weighted by molar-refractivity contribution is -0.130. The van der Waals surface area contributed by atoms with Crippen LogP contribution >= 0.6 is 0 Å². The summed E-state index contributed by atoms with van der Waals surface area (Å²) in [5.41, 5.74) is 1.80. The summed E-state index contributed by atoms with van der Waals surface area (Å²) in [7, 11) is 1.66. The molecule has 1 saturated heterocycles. The van der Waals surface area contributed by atoms with Crippen molar-refractivity contribution in [2.75, 3.05) is 20.2 Å². The van der Waals surface area contributed by atoms with Crippen LogP contribution in [0.5, 0.6) is 5.75 Å². The van der Waals surface area contributed by atoms with E-state index in [1.807, 2.05) is 12.1 Å². The molecular formula is C14H18N2O2. The number of nitrogens with one attached hydrogen (secondary N) is 2. The van der Waals surface area contributed by atoms with Gasteiger partial charge in [-0.15, -0.1) is 0 Å². The standard InChI is InChI=1S/C14H18N2O2/c1-18-11-5-4-10-3-2-6-14(12(10)9-11)13(17)15-7-8-16-14/h4-5,9,16H,2-3,6-8H2,1H3,(H,15,17). The molecule has 4 heteroatoms. The van der Waals surface area contributed by atoms with Crippen LogP contribution in [0.2, 0.25) is 0 Å². The molecule has 1 amide bonds. The molecule has 3 rings (SSSR count). The van der Waals surface area contributed by atoms with E-state index in [0.717, 1.165) is 37.1 Å². The van der Waals surface area contributed by atoms with Crippen LogP contribution in [-0.2, 0) is 16.8 Å². The van der Waals surface area contributed by atoms with Gasteiger partial charge in [0.05, 0.1) is 7.11 Å². The van der Waals surface area contributed by atoms with E-state index in [2.05, 4.69) is 16.7 Å². The lowest BCUT2D eigenvalue weighted by Gasteiger charge is -2.41. The lowest BCUT2D eigenvalue weighted by atomic mass is 9.75. The van der Waals surface area contributed by atoms with Gasteiger partial charge in [-0.3, -0.25) is 10.1 Å². The van der Waals surface area contributed by atoms with Gasteiger partial charge in [-0.2, -0.15) is 0 Å². The van der Waals surface area contributed by atoms with Gasteiger partial charge in [0.1, 0.15) is 11.3 Å². The molecule has 1 fully saturated rings. The topological polar surface area (TPSA) is 50.4 Å². The predicted octanol–water partition coefficient (Wildman–Crippen LogP) is 0.946. The summed E-state index contributed by atoms with van der Waals surface area (Å²) < 4.78 is 5.29. The van der Waals surface area contributed by atoms with Gasteiger partial charge >= 0.3 is 0 Å². The van der Waals surface area contributed by atoms with Gasteiger partial charge in [-0.05, 0) is 42.5 Å². The Morgan fingerprint density at radius 3 is 3.00 bits per heavy atom. The van der Waals surface area contributed by atoms with Crippen molar-refractivity contribution in [2.24, 2.45) is 0 Å². The van der Waals surface area contributed by atoms with Crippen LogP contribution in [0.4, 0.5) is 0 Å².